The van der Waals surface area contributed by atoms with Crippen LogP contribution in [0.3, 0.4) is 0 Å². The summed E-state index contributed by atoms with van der Waals surface area (Å²) < 4.78 is 1.88. The number of carbonyl (C=O) groups is 1. The van der Waals surface area contributed by atoms with E-state index in [0.717, 1.165) is 6.20 Å². The number of aromatic nitrogens is 2. The zero-order chi connectivity index (χ0) is 15.6. The van der Waals surface area contributed by atoms with Gasteiger partial charge in [0.15, 0.2) is 12.4 Å². The van der Waals surface area contributed by atoms with Crippen molar-refractivity contribution < 1.29 is 9.72 Å². The van der Waals surface area contributed by atoms with Gasteiger partial charge < -0.3 is 15.4 Å². The largest absolute Gasteiger partial charge is 0.358 e. The third-order valence-corrected chi connectivity index (χ3v) is 3.94. The van der Waals surface area contributed by atoms with E-state index in [4.69, 9.17) is 11.6 Å². The molecule has 0 radical (unpaired) electrons. The molecule has 0 fully saturated rings. The van der Waals surface area contributed by atoms with E-state index in [0.29, 0.717) is 21.0 Å². The van der Waals surface area contributed by atoms with Gasteiger partial charge in [-0.25, -0.2) is 9.55 Å². The SMILES string of the molecule is Cc1ncc([N+](=O)[O-])n1CC(=O)Nc1ccc(Cl)c(Br)c1. The number of nitrogens with zero attached hydrogens (tertiary/aromatic N) is 3. The van der Waals surface area contributed by atoms with Crippen molar-refractivity contribution in [3.63, 3.8) is 0 Å². The van der Waals surface area contributed by atoms with E-state index in [2.05, 4.69) is 26.2 Å². The predicted molar refractivity (Wildman–Crippen MR) is 81.4 cm³/mol. The van der Waals surface area contributed by atoms with E-state index in [1.54, 1.807) is 25.1 Å². The van der Waals surface area contributed by atoms with Crippen LogP contribution in [0.15, 0.2) is 28.9 Å². The quantitative estimate of drug-likeness (QED) is 0.658. The Morgan fingerprint density at radius 2 is 2.29 bits per heavy atom. The number of nitro groups is 1. The van der Waals surface area contributed by atoms with Gasteiger partial charge in [0.25, 0.3) is 5.91 Å². The number of anilines is 1. The van der Waals surface area contributed by atoms with Gasteiger partial charge in [0.2, 0.25) is 0 Å². The first kappa shape index (κ1) is 15.5. The summed E-state index contributed by atoms with van der Waals surface area (Å²) in [5.74, 6) is -0.220. The summed E-state index contributed by atoms with van der Waals surface area (Å²) in [7, 11) is 0. The highest BCUT2D eigenvalue weighted by molar-refractivity contribution is 9.10. The molecule has 7 nitrogen and oxygen atoms in total. The number of hydrogen-bond acceptors (Lipinski definition) is 4. The van der Waals surface area contributed by atoms with Crippen LogP contribution >= 0.6 is 27.5 Å². The minimum atomic E-state index is -0.577. The molecule has 2 rings (SSSR count). The lowest BCUT2D eigenvalue weighted by Crippen LogP contribution is -2.20. The summed E-state index contributed by atoms with van der Waals surface area (Å²) in [6, 6.07) is 4.92. The standard InChI is InChI=1S/C12H10BrClN4O3/c1-7-15-5-12(18(20)21)17(7)6-11(19)16-8-2-3-10(14)9(13)4-8/h2-5H,6H2,1H3,(H,16,19). The molecule has 0 atom stereocenters. The van der Waals surface area contributed by atoms with Crippen LogP contribution in [0.5, 0.6) is 0 Å². The molecule has 1 N–H and O–H groups in total. The first-order valence-electron chi connectivity index (χ1n) is 5.80. The molecule has 1 amide bonds. The summed E-state index contributed by atoms with van der Waals surface area (Å²) in [5, 5.41) is 14.0. The maximum absolute atomic E-state index is 12.0. The average molecular weight is 374 g/mol. The summed E-state index contributed by atoms with van der Waals surface area (Å²) >= 11 is 9.11. The highest BCUT2D eigenvalue weighted by Crippen LogP contribution is 2.25. The molecule has 0 saturated carbocycles. The van der Waals surface area contributed by atoms with Gasteiger partial charge in [-0.15, -0.1) is 0 Å². The zero-order valence-electron chi connectivity index (χ0n) is 10.8. The van der Waals surface area contributed by atoms with Crippen LogP contribution in [0.25, 0.3) is 0 Å². The van der Waals surface area contributed by atoms with E-state index in [1.807, 2.05) is 0 Å². The monoisotopic (exact) mass is 372 g/mol. The maximum atomic E-state index is 12.0. The molecule has 1 aromatic heterocycles. The molecule has 1 aromatic carbocycles. The zero-order valence-corrected chi connectivity index (χ0v) is 13.2. The molecule has 0 bridgehead atoms. The molecule has 21 heavy (non-hydrogen) atoms. The number of halogens is 2. The van der Waals surface area contributed by atoms with Crippen molar-refractivity contribution in [1.82, 2.24) is 9.55 Å². The number of imidazole rings is 1. The van der Waals surface area contributed by atoms with Crippen LogP contribution in [0.4, 0.5) is 11.5 Å². The van der Waals surface area contributed by atoms with Gasteiger partial charge in [0.1, 0.15) is 6.20 Å². The van der Waals surface area contributed by atoms with Gasteiger partial charge >= 0.3 is 5.82 Å². The molecule has 0 saturated heterocycles. The summed E-state index contributed by atoms with van der Waals surface area (Å²) in [4.78, 5) is 26.1. The van der Waals surface area contributed by atoms with Crippen molar-refractivity contribution in [3.8, 4) is 0 Å². The van der Waals surface area contributed by atoms with Crippen molar-refractivity contribution in [1.29, 1.82) is 0 Å². The lowest BCUT2D eigenvalue weighted by molar-refractivity contribution is -0.392. The highest BCUT2D eigenvalue weighted by Gasteiger charge is 2.20. The molecule has 0 aliphatic carbocycles. The Kier molecular flexibility index (Phi) is 4.59. The molecule has 9 heteroatoms. The summed E-state index contributed by atoms with van der Waals surface area (Å²) in [6.45, 7) is 1.40. The van der Waals surface area contributed by atoms with Crippen LogP contribution in [0, 0.1) is 17.0 Å². The number of rotatable bonds is 4. The van der Waals surface area contributed by atoms with E-state index >= 15 is 0 Å². The van der Waals surface area contributed by atoms with Crippen LogP contribution in [-0.2, 0) is 11.3 Å². The first-order chi connectivity index (χ1) is 9.88. The van der Waals surface area contributed by atoms with E-state index in [9.17, 15) is 14.9 Å². The number of benzene rings is 1. The Morgan fingerprint density at radius 3 is 2.90 bits per heavy atom. The predicted octanol–water partition coefficient (Wildman–Crippen LogP) is 3.15. The van der Waals surface area contributed by atoms with Crippen LogP contribution in [-0.4, -0.2) is 20.4 Å². The Morgan fingerprint density at radius 1 is 1.57 bits per heavy atom. The van der Waals surface area contributed by atoms with E-state index in [1.165, 1.54) is 4.57 Å². The minimum absolute atomic E-state index is 0.192. The number of aryl methyl sites for hydroxylation is 1. The van der Waals surface area contributed by atoms with Crippen molar-refractivity contribution in [2.24, 2.45) is 0 Å². The van der Waals surface area contributed by atoms with Crippen LogP contribution < -0.4 is 5.32 Å². The van der Waals surface area contributed by atoms with Crippen molar-refractivity contribution >= 4 is 44.9 Å². The molecule has 0 aliphatic heterocycles. The van der Waals surface area contributed by atoms with Gasteiger partial charge in [-0.2, -0.15) is 0 Å². The maximum Gasteiger partial charge on any atom is 0.343 e. The second-order valence-electron chi connectivity index (χ2n) is 4.18. The second-order valence-corrected chi connectivity index (χ2v) is 5.45. The van der Waals surface area contributed by atoms with Crippen LogP contribution in [0.1, 0.15) is 5.82 Å². The van der Waals surface area contributed by atoms with Crippen molar-refractivity contribution in [2.75, 3.05) is 5.32 Å². The molecule has 0 spiro atoms. The summed E-state index contributed by atoms with van der Waals surface area (Å²) in [5.41, 5.74) is 0.539. The molecule has 0 aliphatic rings. The number of nitrogens with one attached hydrogen (secondary N) is 1. The van der Waals surface area contributed by atoms with Gasteiger partial charge in [0, 0.05) is 17.1 Å². The van der Waals surface area contributed by atoms with Gasteiger partial charge in [-0.1, -0.05) is 11.6 Å². The first-order valence-corrected chi connectivity index (χ1v) is 6.97. The number of amides is 1. The molecular weight excluding hydrogens is 364 g/mol. The molecule has 2 aromatic rings. The minimum Gasteiger partial charge on any atom is -0.358 e. The Balaban J connectivity index is 2.13. The van der Waals surface area contributed by atoms with Crippen molar-refractivity contribution in [3.05, 3.63) is 49.8 Å². The normalized spacial score (nSPS) is 10.4. The fourth-order valence-corrected chi connectivity index (χ4v) is 2.21. The molecule has 0 unspecified atom stereocenters. The Labute approximate surface area is 133 Å². The van der Waals surface area contributed by atoms with Crippen molar-refractivity contribution in [2.45, 2.75) is 13.5 Å². The topological polar surface area (TPSA) is 90.1 Å². The lowest BCUT2D eigenvalue weighted by Gasteiger charge is -2.06. The number of hydrogen-bond donors (Lipinski definition) is 1. The second kappa shape index (κ2) is 6.23. The van der Waals surface area contributed by atoms with Gasteiger partial charge in [-0.3, -0.25) is 4.79 Å². The van der Waals surface area contributed by atoms with E-state index in [-0.39, 0.29) is 12.4 Å². The molecular formula is C12H10BrClN4O3. The highest BCUT2D eigenvalue weighted by atomic mass is 79.9. The summed E-state index contributed by atoms with van der Waals surface area (Å²) in [6.07, 6.45) is 1.13. The fraction of sp³-hybridized carbons (Fsp3) is 0.167. The average Bonchev–Trinajstić information content (AvgIpc) is 2.76. The van der Waals surface area contributed by atoms with Gasteiger partial charge in [-0.05, 0) is 39.1 Å². The Bertz CT molecular complexity index is 717. The van der Waals surface area contributed by atoms with Gasteiger partial charge in [0.05, 0.1) is 5.02 Å². The lowest BCUT2D eigenvalue weighted by atomic mass is 10.3. The smallest absolute Gasteiger partial charge is 0.343 e. The Hall–Kier alpha value is -1.93. The third kappa shape index (κ3) is 3.59. The van der Waals surface area contributed by atoms with E-state index < -0.39 is 10.8 Å². The van der Waals surface area contributed by atoms with Crippen LogP contribution in [0.2, 0.25) is 5.02 Å². The third-order valence-electron chi connectivity index (χ3n) is 2.73. The number of carbonyl (C=O) groups excluding carboxylic acids is 1. The fourth-order valence-electron chi connectivity index (χ4n) is 1.72. The molecule has 110 valence electrons. The molecule has 1 heterocycles.